The van der Waals surface area contributed by atoms with Crippen molar-refractivity contribution in [2.45, 2.75) is 31.5 Å². The van der Waals surface area contributed by atoms with Gasteiger partial charge in [0, 0.05) is 30.7 Å². The van der Waals surface area contributed by atoms with E-state index in [1.54, 1.807) is 24.3 Å². The second kappa shape index (κ2) is 9.84. The van der Waals surface area contributed by atoms with Gasteiger partial charge in [0.2, 0.25) is 5.91 Å². The largest absolute Gasteiger partial charge is 0.493 e. The van der Waals surface area contributed by atoms with Crippen LogP contribution in [0, 0.1) is 6.92 Å². The number of ether oxygens (including phenoxy) is 2. The molecule has 1 spiro atoms. The van der Waals surface area contributed by atoms with Gasteiger partial charge in [-0.3, -0.25) is 9.59 Å². The van der Waals surface area contributed by atoms with Gasteiger partial charge in [-0.2, -0.15) is 18.3 Å². The number of amides is 2. The lowest BCUT2D eigenvalue weighted by Crippen LogP contribution is -2.53. The van der Waals surface area contributed by atoms with E-state index in [2.05, 4.69) is 15.7 Å². The zero-order valence-electron chi connectivity index (χ0n) is 21.5. The summed E-state index contributed by atoms with van der Waals surface area (Å²) < 4.78 is 73.2. The average molecular weight is 579 g/mol. The van der Waals surface area contributed by atoms with E-state index in [0.717, 1.165) is 11.8 Å². The fourth-order valence-corrected chi connectivity index (χ4v) is 5.51. The predicted octanol–water partition coefficient (Wildman–Crippen LogP) is 3.07. The number of anilines is 1. The summed E-state index contributed by atoms with van der Waals surface area (Å²) in [7, 11) is -3.65. The quantitative estimate of drug-likeness (QED) is 0.460. The Morgan fingerprint density at radius 2 is 2.02 bits per heavy atom. The lowest BCUT2D eigenvalue weighted by Gasteiger charge is -2.41. The minimum Gasteiger partial charge on any atom is -0.493 e. The van der Waals surface area contributed by atoms with Crippen LogP contribution >= 0.6 is 0 Å². The molecule has 14 heteroatoms. The van der Waals surface area contributed by atoms with Crippen molar-refractivity contribution in [3.8, 4) is 17.2 Å². The number of alkyl halides is 3. The minimum absolute atomic E-state index is 0.0319. The number of aromatic nitrogens is 2. The van der Waals surface area contributed by atoms with Crippen LogP contribution in [-0.4, -0.2) is 61.4 Å². The molecule has 2 N–H and O–H groups in total. The molecule has 2 aromatic carbocycles. The van der Waals surface area contributed by atoms with Crippen molar-refractivity contribution in [3.63, 3.8) is 0 Å². The molecule has 10 nitrogen and oxygen atoms in total. The maximum absolute atomic E-state index is 13.6. The zero-order chi connectivity index (χ0) is 28.9. The number of hydrogen-bond acceptors (Lipinski definition) is 7. The molecule has 2 amide bonds. The summed E-state index contributed by atoms with van der Waals surface area (Å²) >= 11 is 0. The topological polar surface area (TPSA) is 129 Å². The molecular formula is C26H25F3N4O6S. The molecule has 3 aromatic rings. The number of aryl methyl sites for hydroxylation is 1. The number of benzene rings is 2. The van der Waals surface area contributed by atoms with Crippen LogP contribution in [0.3, 0.4) is 0 Å². The number of hydrogen-bond donors (Lipinski definition) is 2. The highest BCUT2D eigenvalue weighted by atomic mass is 32.2. The third-order valence-electron chi connectivity index (χ3n) is 6.56. The summed E-state index contributed by atoms with van der Waals surface area (Å²) in [5.41, 5.74) is 1.44. The molecule has 1 aromatic heterocycles. The molecule has 5 rings (SSSR count). The van der Waals surface area contributed by atoms with E-state index in [9.17, 15) is 31.2 Å². The summed E-state index contributed by atoms with van der Waals surface area (Å²) in [6, 6.07) is 11.5. The Morgan fingerprint density at radius 3 is 2.73 bits per heavy atom. The minimum atomic E-state index is -4.50. The first-order valence-corrected chi connectivity index (χ1v) is 14.2. The summed E-state index contributed by atoms with van der Waals surface area (Å²) in [4.78, 5) is 26.2. The monoisotopic (exact) mass is 578 g/mol. The Balaban J connectivity index is 1.55. The van der Waals surface area contributed by atoms with Gasteiger partial charge in [-0.25, -0.2) is 13.1 Å². The van der Waals surface area contributed by atoms with E-state index in [4.69, 9.17) is 9.47 Å². The Kier molecular flexibility index (Phi) is 6.76. The van der Waals surface area contributed by atoms with Gasteiger partial charge in [0.1, 0.15) is 28.6 Å². The van der Waals surface area contributed by atoms with Crippen LogP contribution in [0.15, 0.2) is 42.5 Å². The number of nitrogens with one attached hydrogen (secondary N) is 2. The van der Waals surface area contributed by atoms with Crippen LogP contribution < -0.4 is 20.1 Å². The van der Waals surface area contributed by atoms with Gasteiger partial charge in [-0.05, 0) is 36.8 Å². The Bertz CT molecular complexity index is 1620. The molecule has 2 aliphatic rings. The van der Waals surface area contributed by atoms with E-state index in [-0.39, 0.29) is 35.9 Å². The Labute approximate surface area is 227 Å². The fourth-order valence-electron chi connectivity index (χ4n) is 4.96. The van der Waals surface area contributed by atoms with Crippen LogP contribution in [-0.2, 0) is 26.6 Å². The molecule has 3 heterocycles. The second-order valence-electron chi connectivity index (χ2n) is 9.91. The third kappa shape index (κ3) is 5.62. The van der Waals surface area contributed by atoms with Crippen LogP contribution in [0.1, 0.15) is 33.6 Å². The van der Waals surface area contributed by atoms with Crippen molar-refractivity contribution >= 4 is 27.5 Å². The van der Waals surface area contributed by atoms with Crippen molar-refractivity contribution in [1.29, 1.82) is 0 Å². The number of sulfone groups is 1. The molecule has 0 radical (unpaired) electrons. The van der Waals surface area contributed by atoms with Crippen molar-refractivity contribution in [2.24, 2.45) is 0 Å². The first kappa shape index (κ1) is 27.5. The molecule has 0 saturated heterocycles. The standard InChI is InChI=1S/C26H25F3N4O6S/c1-15-4-3-5-16(10-15)33-23(30-21(34)13-40(2,36)37)22-19(32-33)12-25(31-24(22)35)8-9-38-20-11-17(6-7-18(20)25)39-14-26(27,28)29/h3-7,10-11H,8-9,12-14H2,1-2H3,(H,30,34)(H,31,35)/t25-/m0/s1. The van der Waals surface area contributed by atoms with E-state index in [1.165, 1.54) is 16.8 Å². The van der Waals surface area contributed by atoms with E-state index in [0.29, 0.717) is 23.4 Å². The predicted molar refractivity (Wildman–Crippen MR) is 138 cm³/mol. The van der Waals surface area contributed by atoms with Crippen molar-refractivity contribution < 1.29 is 40.7 Å². The van der Waals surface area contributed by atoms with Crippen molar-refractivity contribution in [3.05, 3.63) is 64.8 Å². The Morgan fingerprint density at radius 1 is 1.25 bits per heavy atom. The normalized spacial score (nSPS) is 18.4. The number of carbonyl (C=O) groups is 2. The smallest absolute Gasteiger partial charge is 0.422 e. The maximum Gasteiger partial charge on any atom is 0.422 e. The number of fused-ring (bicyclic) bond motifs is 3. The van der Waals surface area contributed by atoms with Gasteiger partial charge in [0.15, 0.2) is 16.4 Å². The molecule has 0 saturated carbocycles. The van der Waals surface area contributed by atoms with Crippen molar-refractivity contribution in [2.75, 3.05) is 30.5 Å². The highest BCUT2D eigenvalue weighted by Gasteiger charge is 2.46. The SMILES string of the molecule is Cc1cccc(-n2nc3c(c2NC(=O)CS(C)(=O)=O)C(=O)N[C@@]2(CCOc4cc(OCC(F)(F)F)ccc42)C3)c1. The number of rotatable bonds is 6. The van der Waals surface area contributed by atoms with Gasteiger partial charge in [-0.1, -0.05) is 12.1 Å². The van der Waals surface area contributed by atoms with E-state index < -0.39 is 45.7 Å². The highest BCUT2D eigenvalue weighted by Crippen LogP contribution is 2.44. The lowest BCUT2D eigenvalue weighted by atomic mass is 9.77. The van der Waals surface area contributed by atoms with E-state index >= 15 is 0 Å². The van der Waals surface area contributed by atoms with Gasteiger partial charge in [0.25, 0.3) is 5.91 Å². The number of carbonyl (C=O) groups excluding carboxylic acids is 2. The Hall–Kier alpha value is -4.07. The van der Waals surface area contributed by atoms with Gasteiger partial charge in [0.05, 0.1) is 23.5 Å². The first-order chi connectivity index (χ1) is 18.7. The van der Waals surface area contributed by atoms with Gasteiger partial charge < -0.3 is 20.1 Å². The molecular weight excluding hydrogens is 553 g/mol. The second-order valence-corrected chi connectivity index (χ2v) is 12.1. The third-order valence-corrected chi connectivity index (χ3v) is 7.35. The van der Waals surface area contributed by atoms with Crippen molar-refractivity contribution in [1.82, 2.24) is 15.1 Å². The fraction of sp³-hybridized carbons (Fsp3) is 0.346. The van der Waals surface area contributed by atoms with Crippen LogP contribution in [0.4, 0.5) is 19.0 Å². The first-order valence-electron chi connectivity index (χ1n) is 12.2. The highest BCUT2D eigenvalue weighted by molar-refractivity contribution is 7.91. The van der Waals surface area contributed by atoms with Crippen LogP contribution in [0.2, 0.25) is 0 Å². The number of nitrogens with zero attached hydrogens (tertiary/aromatic N) is 2. The molecule has 0 aliphatic carbocycles. The molecule has 0 unspecified atom stereocenters. The summed E-state index contributed by atoms with van der Waals surface area (Å²) in [6.07, 6.45) is -3.04. The molecule has 40 heavy (non-hydrogen) atoms. The molecule has 0 bridgehead atoms. The maximum atomic E-state index is 13.6. The van der Waals surface area contributed by atoms with Crippen LogP contribution in [0.5, 0.6) is 11.5 Å². The zero-order valence-corrected chi connectivity index (χ0v) is 22.3. The van der Waals surface area contributed by atoms with E-state index in [1.807, 2.05) is 13.0 Å². The summed E-state index contributed by atoms with van der Waals surface area (Å²) in [5, 5.41) is 10.2. The van der Waals surface area contributed by atoms with Gasteiger partial charge in [-0.15, -0.1) is 0 Å². The number of halogens is 3. The summed E-state index contributed by atoms with van der Waals surface area (Å²) in [5.74, 6) is -1.89. The molecule has 1 atom stereocenters. The summed E-state index contributed by atoms with van der Waals surface area (Å²) in [6.45, 7) is 0.575. The van der Waals surface area contributed by atoms with Gasteiger partial charge >= 0.3 is 6.18 Å². The molecule has 2 aliphatic heterocycles. The van der Waals surface area contributed by atoms with Crippen LogP contribution in [0.25, 0.3) is 5.69 Å². The molecule has 212 valence electrons. The average Bonchev–Trinajstić information content (AvgIpc) is 3.19. The molecule has 0 fully saturated rings. The lowest BCUT2D eigenvalue weighted by molar-refractivity contribution is -0.153.